The molecule has 3 rings (SSSR count). The monoisotopic (exact) mass is 384 g/mol. The van der Waals surface area contributed by atoms with E-state index in [4.69, 9.17) is 23.2 Å². The van der Waals surface area contributed by atoms with Gasteiger partial charge < -0.3 is 10.2 Å². The molecule has 0 saturated carbocycles. The van der Waals surface area contributed by atoms with Crippen LogP contribution >= 0.6 is 23.2 Å². The molecule has 0 spiro atoms. The van der Waals surface area contributed by atoms with Crippen LogP contribution in [0.3, 0.4) is 0 Å². The van der Waals surface area contributed by atoms with Gasteiger partial charge in [0.1, 0.15) is 0 Å². The first-order valence-corrected chi connectivity index (χ1v) is 8.95. The predicted molar refractivity (Wildman–Crippen MR) is 109 cm³/mol. The highest BCUT2D eigenvalue weighted by molar-refractivity contribution is 6.39. The van der Waals surface area contributed by atoms with Crippen LogP contribution in [0.4, 0.5) is 17.1 Å². The summed E-state index contributed by atoms with van der Waals surface area (Å²) in [4.78, 5) is 14.0. The molecule has 1 amide bonds. The van der Waals surface area contributed by atoms with E-state index in [2.05, 4.69) is 5.32 Å². The second-order valence-electron chi connectivity index (χ2n) is 5.72. The molecule has 26 heavy (non-hydrogen) atoms. The molecule has 0 saturated heterocycles. The van der Waals surface area contributed by atoms with Gasteiger partial charge in [-0.3, -0.25) is 4.79 Å². The Kier molecular flexibility index (Phi) is 5.82. The van der Waals surface area contributed by atoms with Crippen LogP contribution in [0.25, 0.3) is 0 Å². The van der Waals surface area contributed by atoms with Crippen LogP contribution in [0.2, 0.25) is 10.0 Å². The number of hydrogen-bond acceptors (Lipinski definition) is 2. The molecule has 0 atom stereocenters. The summed E-state index contributed by atoms with van der Waals surface area (Å²) in [6.07, 6.45) is 0.262. The Balaban J connectivity index is 2.22. The van der Waals surface area contributed by atoms with Gasteiger partial charge in [-0.05, 0) is 35.9 Å². The van der Waals surface area contributed by atoms with Crippen molar-refractivity contribution < 1.29 is 4.79 Å². The summed E-state index contributed by atoms with van der Waals surface area (Å²) in [5.74, 6) is -0.0595. The van der Waals surface area contributed by atoms with E-state index < -0.39 is 0 Å². The molecule has 3 nitrogen and oxygen atoms in total. The molecular weight excluding hydrogens is 367 g/mol. The van der Waals surface area contributed by atoms with Crippen LogP contribution in [-0.2, 0) is 11.2 Å². The van der Waals surface area contributed by atoms with Crippen molar-refractivity contribution in [2.45, 2.75) is 6.42 Å². The van der Waals surface area contributed by atoms with Gasteiger partial charge in [-0.15, -0.1) is 0 Å². The van der Waals surface area contributed by atoms with E-state index in [-0.39, 0.29) is 12.3 Å². The lowest BCUT2D eigenvalue weighted by Gasteiger charge is -2.29. The summed E-state index contributed by atoms with van der Waals surface area (Å²) in [5.41, 5.74) is 3.34. The van der Waals surface area contributed by atoms with Gasteiger partial charge in [-0.1, -0.05) is 65.7 Å². The Morgan fingerprint density at radius 2 is 1.50 bits per heavy atom. The summed E-state index contributed by atoms with van der Waals surface area (Å²) < 4.78 is 0. The summed E-state index contributed by atoms with van der Waals surface area (Å²) >= 11 is 13.0. The van der Waals surface area contributed by atoms with Crippen LogP contribution in [-0.4, -0.2) is 13.0 Å². The minimum absolute atomic E-state index is 0.0595. The molecule has 0 aliphatic rings. The number of para-hydroxylation sites is 3. The van der Waals surface area contributed by atoms with Crippen molar-refractivity contribution in [3.05, 3.63) is 88.4 Å². The lowest BCUT2D eigenvalue weighted by Crippen LogP contribution is -2.21. The van der Waals surface area contributed by atoms with E-state index in [0.717, 1.165) is 16.9 Å². The van der Waals surface area contributed by atoms with Gasteiger partial charge in [0, 0.05) is 18.4 Å². The lowest BCUT2D eigenvalue weighted by atomic mass is 10.1. The number of likely N-dealkylation sites (N-methyl/N-ethyl adjacent to an activating group) is 1. The zero-order valence-corrected chi connectivity index (χ0v) is 15.8. The van der Waals surface area contributed by atoms with Crippen molar-refractivity contribution in [3.63, 3.8) is 0 Å². The van der Waals surface area contributed by atoms with Crippen LogP contribution in [0.15, 0.2) is 72.8 Å². The highest BCUT2D eigenvalue weighted by Gasteiger charge is 2.21. The van der Waals surface area contributed by atoms with Crippen molar-refractivity contribution in [2.24, 2.45) is 0 Å². The Labute approximate surface area is 163 Å². The van der Waals surface area contributed by atoms with E-state index in [1.165, 1.54) is 0 Å². The second kappa shape index (κ2) is 8.26. The van der Waals surface area contributed by atoms with E-state index >= 15 is 0 Å². The summed E-state index contributed by atoms with van der Waals surface area (Å²) in [7, 11) is 1.63. The van der Waals surface area contributed by atoms with Gasteiger partial charge in [0.2, 0.25) is 5.91 Å². The summed E-state index contributed by atoms with van der Waals surface area (Å²) in [5, 5.41) is 3.75. The fraction of sp³-hybridized carbons (Fsp3) is 0.0952. The first-order chi connectivity index (χ1) is 12.6. The number of anilines is 3. The normalized spacial score (nSPS) is 10.4. The van der Waals surface area contributed by atoms with E-state index in [9.17, 15) is 4.79 Å². The Hall–Kier alpha value is -2.49. The summed E-state index contributed by atoms with van der Waals surface area (Å²) in [6.45, 7) is 0. The van der Waals surface area contributed by atoms with Gasteiger partial charge >= 0.3 is 0 Å². The zero-order chi connectivity index (χ0) is 18.5. The molecule has 1 N–H and O–H groups in total. The van der Waals surface area contributed by atoms with Crippen LogP contribution in [0, 0.1) is 0 Å². The number of carbonyl (C=O) groups is 1. The molecular formula is C21H18Cl2N2O. The number of hydrogen-bond donors (Lipinski definition) is 1. The fourth-order valence-electron chi connectivity index (χ4n) is 2.81. The minimum Gasteiger partial charge on any atom is -0.359 e. The Morgan fingerprint density at radius 3 is 2.15 bits per heavy atom. The lowest BCUT2D eigenvalue weighted by molar-refractivity contribution is -0.119. The third-order valence-electron chi connectivity index (χ3n) is 4.04. The van der Waals surface area contributed by atoms with E-state index in [1.807, 2.05) is 65.6 Å². The van der Waals surface area contributed by atoms with Crippen molar-refractivity contribution in [2.75, 3.05) is 11.9 Å². The van der Waals surface area contributed by atoms with E-state index in [1.54, 1.807) is 19.2 Å². The SMILES string of the molecule is CNC(=O)Cc1ccccc1N(c1ccccc1)c1c(Cl)cccc1Cl. The summed E-state index contributed by atoms with van der Waals surface area (Å²) in [6, 6.07) is 23.0. The molecule has 0 aliphatic heterocycles. The van der Waals surface area contributed by atoms with Gasteiger partial charge in [-0.2, -0.15) is 0 Å². The molecule has 0 bridgehead atoms. The Bertz CT molecular complexity index is 893. The molecule has 0 heterocycles. The smallest absolute Gasteiger partial charge is 0.224 e. The third-order valence-corrected chi connectivity index (χ3v) is 4.65. The maximum Gasteiger partial charge on any atom is 0.224 e. The molecule has 132 valence electrons. The number of halogens is 2. The average Bonchev–Trinajstić information content (AvgIpc) is 2.66. The number of nitrogens with zero attached hydrogens (tertiary/aromatic N) is 1. The van der Waals surface area contributed by atoms with Gasteiger partial charge in [0.15, 0.2) is 0 Å². The van der Waals surface area contributed by atoms with Gasteiger partial charge in [0.05, 0.1) is 22.2 Å². The second-order valence-corrected chi connectivity index (χ2v) is 6.53. The van der Waals surface area contributed by atoms with Crippen molar-refractivity contribution >= 4 is 46.2 Å². The average molecular weight is 385 g/mol. The number of carbonyl (C=O) groups excluding carboxylic acids is 1. The number of nitrogens with one attached hydrogen (secondary N) is 1. The van der Waals surface area contributed by atoms with E-state index in [0.29, 0.717) is 15.7 Å². The largest absolute Gasteiger partial charge is 0.359 e. The van der Waals surface area contributed by atoms with Crippen molar-refractivity contribution in [3.8, 4) is 0 Å². The molecule has 0 aromatic heterocycles. The molecule has 3 aromatic carbocycles. The number of rotatable bonds is 5. The van der Waals surface area contributed by atoms with Crippen LogP contribution in [0.5, 0.6) is 0 Å². The van der Waals surface area contributed by atoms with Crippen LogP contribution < -0.4 is 10.2 Å². The molecule has 0 unspecified atom stereocenters. The fourth-order valence-corrected chi connectivity index (χ4v) is 3.37. The Morgan fingerprint density at radius 1 is 0.885 bits per heavy atom. The standard InChI is InChI=1S/C21H18Cl2N2O/c1-24-20(26)14-15-8-5-6-13-19(15)25(16-9-3-2-4-10-16)21-17(22)11-7-12-18(21)23/h2-13H,14H2,1H3,(H,24,26). The van der Waals surface area contributed by atoms with Crippen molar-refractivity contribution in [1.82, 2.24) is 5.32 Å². The third kappa shape index (κ3) is 3.85. The highest BCUT2D eigenvalue weighted by atomic mass is 35.5. The molecule has 0 fully saturated rings. The van der Waals surface area contributed by atoms with Gasteiger partial charge in [-0.25, -0.2) is 0 Å². The first-order valence-electron chi connectivity index (χ1n) is 8.19. The maximum atomic E-state index is 12.0. The number of benzene rings is 3. The topological polar surface area (TPSA) is 32.3 Å². The molecule has 0 radical (unpaired) electrons. The van der Waals surface area contributed by atoms with Crippen molar-refractivity contribution in [1.29, 1.82) is 0 Å². The minimum atomic E-state index is -0.0595. The van der Waals surface area contributed by atoms with Crippen LogP contribution in [0.1, 0.15) is 5.56 Å². The first kappa shape index (κ1) is 18.3. The zero-order valence-electron chi connectivity index (χ0n) is 14.2. The van der Waals surface area contributed by atoms with Gasteiger partial charge in [0.25, 0.3) is 0 Å². The molecule has 5 heteroatoms. The maximum absolute atomic E-state index is 12.0. The molecule has 0 aliphatic carbocycles. The predicted octanol–water partition coefficient (Wildman–Crippen LogP) is 5.75. The molecule has 3 aromatic rings. The quantitative estimate of drug-likeness (QED) is 0.606. The number of amides is 1. The highest BCUT2D eigenvalue weighted by Crippen LogP contribution is 2.44.